The molecule has 0 spiro atoms. The number of hydrogen-bond donors (Lipinski definition) is 1. The fourth-order valence-corrected chi connectivity index (χ4v) is 1.92. The Morgan fingerprint density at radius 1 is 1.29 bits per heavy atom. The van der Waals surface area contributed by atoms with Crippen LogP contribution in [0.1, 0.15) is 52.0 Å². The van der Waals surface area contributed by atoms with Gasteiger partial charge in [-0.1, -0.05) is 25.5 Å². The van der Waals surface area contributed by atoms with Crippen molar-refractivity contribution < 1.29 is 4.39 Å². The fraction of sp³-hybridized carbons (Fsp3) is 0.600. The van der Waals surface area contributed by atoms with E-state index >= 15 is 0 Å². The molecule has 0 saturated carbocycles. The molecule has 1 aromatic rings. The lowest BCUT2D eigenvalue weighted by Crippen LogP contribution is -2.38. The van der Waals surface area contributed by atoms with Crippen LogP contribution in [-0.2, 0) is 0 Å². The summed E-state index contributed by atoms with van der Waals surface area (Å²) in [4.78, 5) is 0. The Morgan fingerprint density at radius 2 is 2.00 bits per heavy atom. The number of halogens is 1. The van der Waals surface area contributed by atoms with Gasteiger partial charge in [0.15, 0.2) is 0 Å². The van der Waals surface area contributed by atoms with Crippen LogP contribution in [0.25, 0.3) is 0 Å². The Morgan fingerprint density at radius 3 is 2.53 bits per heavy atom. The monoisotopic (exact) mass is 237 g/mol. The first kappa shape index (κ1) is 14.2. The normalized spacial score (nSPS) is 13.7. The summed E-state index contributed by atoms with van der Waals surface area (Å²) < 4.78 is 13.2. The van der Waals surface area contributed by atoms with Crippen molar-refractivity contribution in [2.75, 3.05) is 6.54 Å². The first-order valence-corrected chi connectivity index (χ1v) is 6.43. The molecule has 96 valence electrons. The van der Waals surface area contributed by atoms with Gasteiger partial charge < -0.3 is 5.32 Å². The summed E-state index contributed by atoms with van der Waals surface area (Å²) in [7, 11) is 0. The molecular weight excluding hydrogens is 213 g/mol. The number of hydrogen-bond acceptors (Lipinski definition) is 1. The van der Waals surface area contributed by atoms with Gasteiger partial charge in [-0.2, -0.15) is 0 Å². The molecule has 1 aromatic carbocycles. The molecule has 0 fully saturated rings. The predicted octanol–water partition coefficient (Wildman–Crippen LogP) is 4.10. The highest BCUT2D eigenvalue weighted by molar-refractivity contribution is 5.21. The van der Waals surface area contributed by atoms with Crippen LogP contribution in [0, 0.1) is 5.82 Å². The standard InChI is InChI=1S/C15H24FN/c1-5-7-13(11-17-15(2,3)4)12-8-6-9-14(16)10-12/h6,8-10,13,17H,5,7,11H2,1-4H3. The zero-order valence-electron chi connectivity index (χ0n) is 11.4. The molecule has 0 bridgehead atoms. The van der Waals surface area contributed by atoms with Gasteiger partial charge in [-0.3, -0.25) is 0 Å². The summed E-state index contributed by atoms with van der Waals surface area (Å²) in [6.45, 7) is 9.54. The van der Waals surface area contributed by atoms with Gasteiger partial charge in [0.05, 0.1) is 0 Å². The van der Waals surface area contributed by atoms with E-state index in [9.17, 15) is 4.39 Å². The zero-order valence-corrected chi connectivity index (χ0v) is 11.4. The quantitative estimate of drug-likeness (QED) is 0.813. The van der Waals surface area contributed by atoms with Crippen LogP contribution < -0.4 is 5.32 Å². The molecule has 1 unspecified atom stereocenters. The maximum atomic E-state index is 13.2. The predicted molar refractivity (Wildman–Crippen MR) is 71.8 cm³/mol. The van der Waals surface area contributed by atoms with Gasteiger partial charge in [0.25, 0.3) is 0 Å². The molecule has 2 heteroatoms. The van der Waals surface area contributed by atoms with Crippen LogP contribution >= 0.6 is 0 Å². The first-order chi connectivity index (χ1) is 7.92. The van der Waals surface area contributed by atoms with E-state index in [4.69, 9.17) is 0 Å². The minimum absolute atomic E-state index is 0.110. The summed E-state index contributed by atoms with van der Waals surface area (Å²) in [6, 6.07) is 6.98. The molecular formula is C15H24FN. The maximum Gasteiger partial charge on any atom is 0.123 e. The average molecular weight is 237 g/mol. The molecule has 1 rings (SSSR count). The van der Waals surface area contributed by atoms with Gasteiger partial charge in [0, 0.05) is 12.1 Å². The van der Waals surface area contributed by atoms with Crippen LogP contribution in [0.5, 0.6) is 0 Å². The molecule has 0 heterocycles. The lowest BCUT2D eigenvalue weighted by atomic mass is 9.93. The van der Waals surface area contributed by atoms with E-state index in [1.165, 1.54) is 6.07 Å². The van der Waals surface area contributed by atoms with E-state index in [-0.39, 0.29) is 11.4 Å². The highest BCUT2D eigenvalue weighted by Gasteiger charge is 2.15. The fourth-order valence-electron chi connectivity index (χ4n) is 1.92. The van der Waals surface area contributed by atoms with E-state index < -0.39 is 0 Å². The van der Waals surface area contributed by atoms with Crippen molar-refractivity contribution in [2.45, 2.75) is 52.0 Å². The third kappa shape index (κ3) is 5.31. The van der Waals surface area contributed by atoms with Crippen molar-refractivity contribution in [3.05, 3.63) is 35.6 Å². The van der Waals surface area contributed by atoms with Crippen molar-refractivity contribution in [2.24, 2.45) is 0 Å². The summed E-state index contributed by atoms with van der Waals surface area (Å²) in [6.07, 6.45) is 2.21. The molecule has 0 aliphatic rings. The molecule has 1 nitrogen and oxygen atoms in total. The summed E-state index contributed by atoms with van der Waals surface area (Å²) in [5, 5.41) is 3.50. The minimum Gasteiger partial charge on any atom is -0.311 e. The first-order valence-electron chi connectivity index (χ1n) is 6.43. The molecule has 1 N–H and O–H groups in total. The molecule has 0 saturated heterocycles. The Bertz CT molecular complexity index is 341. The second-order valence-electron chi connectivity index (χ2n) is 5.67. The Labute approximate surface area is 104 Å². The maximum absolute atomic E-state index is 13.2. The Hall–Kier alpha value is -0.890. The van der Waals surface area contributed by atoms with Crippen molar-refractivity contribution in [1.29, 1.82) is 0 Å². The van der Waals surface area contributed by atoms with Crippen LogP contribution in [-0.4, -0.2) is 12.1 Å². The minimum atomic E-state index is -0.139. The number of nitrogens with one attached hydrogen (secondary N) is 1. The zero-order chi connectivity index (χ0) is 12.9. The van der Waals surface area contributed by atoms with E-state index in [0.29, 0.717) is 5.92 Å². The highest BCUT2D eigenvalue weighted by atomic mass is 19.1. The summed E-state index contributed by atoms with van der Waals surface area (Å²) in [5.41, 5.74) is 1.21. The number of rotatable bonds is 5. The summed E-state index contributed by atoms with van der Waals surface area (Å²) >= 11 is 0. The third-order valence-corrected chi connectivity index (χ3v) is 2.84. The lowest BCUT2D eigenvalue weighted by molar-refractivity contribution is 0.397. The highest BCUT2D eigenvalue weighted by Crippen LogP contribution is 2.22. The van der Waals surface area contributed by atoms with Gasteiger partial charge in [-0.05, 0) is 50.8 Å². The Balaban J connectivity index is 2.71. The van der Waals surface area contributed by atoms with Crippen molar-refractivity contribution in [1.82, 2.24) is 5.32 Å². The van der Waals surface area contributed by atoms with Gasteiger partial charge in [0.1, 0.15) is 5.82 Å². The summed E-state index contributed by atoms with van der Waals surface area (Å²) in [5.74, 6) is 0.259. The van der Waals surface area contributed by atoms with Crippen molar-refractivity contribution in [3.63, 3.8) is 0 Å². The molecule has 1 atom stereocenters. The third-order valence-electron chi connectivity index (χ3n) is 2.84. The van der Waals surface area contributed by atoms with Crippen LogP contribution in [0.15, 0.2) is 24.3 Å². The smallest absolute Gasteiger partial charge is 0.123 e. The van der Waals surface area contributed by atoms with Gasteiger partial charge >= 0.3 is 0 Å². The van der Waals surface area contributed by atoms with E-state index in [2.05, 4.69) is 33.0 Å². The van der Waals surface area contributed by atoms with E-state index in [1.807, 2.05) is 6.07 Å². The molecule has 0 amide bonds. The second-order valence-corrected chi connectivity index (χ2v) is 5.67. The van der Waals surface area contributed by atoms with Gasteiger partial charge in [-0.15, -0.1) is 0 Å². The Kier molecular flexibility index (Phi) is 5.13. The van der Waals surface area contributed by atoms with Crippen LogP contribution in [0.4, 0.5) is 4.39 Å². The van der Waals surface area contributed by atoms with Crippen LogP contribution in [0.3, 0.4) is 0 Å². The number of benzene rings is 1. The van der Waals surface area contributed by atoms with Crippen molar-refractivity contribution >= 4 is 0 Å². The average Bonchev–Trinajstić information content (AvgIpc) is 2.23. The molecule has 0 aliphatic carbocycles. The largest absolute Gasteiger partial charge is 0.311 e. The molecule has 17 heavy (non-hydrogen) atoms. The van der Waals surface area contributed by atoms with E-state index in [1.54, 1.807) is 12.1 Å². The molecule has 0 aromatic heterocycles. The lowest BCUT2D eigenvalue weighted by Gasteiger charge is -2.25. The van der Waals surface area contributed by atoms with Crippen molar-refractivity contribution in [3.8, 4) is 0 Å². The molecule has 0 aliphatic heterocycles. The van der Waals surface area contributed by atoms with Crippen LogP contribution in [0.2, 0.25) is 0 Å². The topological polar surface area (TPSA) is 12.0 Å². The van der Waals surface area contributed by atoms with Gasteiger partial charge in [-0.25, -0.2) is 4.39 Å². The van der Waals surface area contributed by atoms with Gasteiger partial charge in [0.2, 0.25) is 0 Å². The second kappa shape index (κ2) is 6.15. The van der Waals surface area contributed by atoms with E-state index in [0.717, 1.165) is 24.9 Å². The SMILES string of the molecule is CCCC(CNC(C)(C)C)c1cccc(F)c1. The molecule has 0 radical (unpaired) electrons.